The van der Waals surface area contributed by atoms with Gasteiger partial charge in [0.05, 0.1) is 13.2 Å². The van der Waals surface area contributed by atoms with Crippen LogP contribution in [0.2, 0.25) is 0 Å². The molecule has 0 fully saturated rings. The highest BCUT2D eigenvalue weighted by atomic mass is 16.5. The number of methoxy groups -OCH3 is 1. The molecule has 2 aromatic carbocycles. The number of hydrogen-bond acceptors (Lipinski definition) is 5. The third-order valence-corrected chi connectivity index (χ3v) is 3.64. The number of ether oxygens (including phenoxy) is 3. The predicted octanol–water partition coefficient (Wildman–Crippen LogP) is 2.46. The minimum Gasteiger partial charge on any atom is -0.494 e. The standard InChI is InChI=1S/C20H24N2O5/c1-4-26-17-9-11-18(12-10-17)27-14(2)19(23)21-22-20(24)16-7-5-15(6-8-16)13-25-3/h5-12,14H,4,13H2,1-3H3,(H,21,23)(H,22,24)/t14-/m0/s1. The van der Waals surface area contributed by atoms with E-state index in [1.54, 1.807) is 62.6 Å². The first-order valence-corrected chi connectivity index (χ1v) is 8.61. The molecule has 0 aliphatic carbocycles. The molecule has 0 unspecified atom stereocenters. The Bertz CT molecular complexity index is 744. The van der Waals surface area contributed by atoms with Crippen molar-refractivity contribution in [2.24, 2.45) is 0 Å². The van der Waals surface area contributed by atoms with E-state index in [0.29, 0.717) is 24.5 Å². The molecule has 0 saturated heterocycles. The second-order valence-corrected chi connectivity index (χ2v) is 5.74. The SMILES string of the molecule is CCOc1ccc(O[C@@H](C)C(=O)NNC(=O)c2ccc(COC)cc2)cc1. The smallest absolute Gasteiger partial charge is 0.279 e. The first-order chi connectivity index (χ1) is 13.0. The lowest BCUT2D eigenvalue weighted by Crippen LogP contribution is -2.47. The molecule has 0 aliphatic rings. The number of carbonyl (C=O) groups excluding carboxylic acids is 2. The van der Waals surface area contributed by atoms with Crippen molar-refractivity contribution in [2.75, 3.05) is 13.7 Å². The second kappa shape index (κ2) is 10.2. The van der Waals surface area contributed by atoms with Crippen molar-refractivity contribution >= 4 is 11.8 Å². The van der Waals surface area contributed by atoms with Crippen LogP contribution >= 0.6 is 0 Å². The molecule has 0 aliphatic heterocycles. The van der Waals surface area contributed by atoms with E-state index in [2.05, 4.69) is 10.9 Å². The van der Waals surface area contributed by atoms with Crippen LogP contribution in [0.3, 0.4) is 0 Å². The van der Waals surface area contributed by atoms with E-state index in [0.717, 1.165) is 11.3 Å². The predicted molar refractivity (Wildman–Crippen MR) is 100 cm³/mol. The third kappa shape index (κ3) is 6.31. The summed E-state index contributed by atoms with van der Waals surface area (Å²) in [6.45, 7) is 4.55. The van der Waals surface area contributed by atoms with Gasteiger partial charge in [-0.05, 0) is 55.8 Å². The van der Waals surface area contributed by atoms with Crippen molar-refractivity contribution in [3.05, 3.63) is 59.7 Å². The molecule has 144 valence electrons. The van der Waals surface area contributed by atoms with E-state index in [9.17, 15) is 9.59 Å². The Morgan fingerprint density at radius 1 is 0.963 bits per heavy atom. The van der Waals surface area contributed by atoms with Gasteiger partial charge in [-0.1, -0.05) is 12.1 Å². The van der Waals surface area contributed by atoms with Crippen LogP contribution in [0.4, 0.5) is 0 Å². The Morgan fingerprint density at radius 3 is 2.19 bits per heavy atom. The lowest BCUT2D eigenvalue weighted by molar-refractivity contribution is -0.128. The highest BCUT2D eigenvalue weighted by molar-refractivity contribution is 5.95. The summed E-state index contributed by atoms with van der Waals surface area (Å²) in [4.78, 5) is 24.2. The van der Waals surface area contributed by atoms with Gasteiger partial charge in [-0.2, -0.15) is 0 Å². The molecule has 27 heavy (non-hydrogen) atoms. The lowest BCUT2D eigenvalue weighted by Gasteiger charge is -2.15. The largest absolute Gasteiger partial charge is 0.494 e. The number of nitrogens with one attached hydrogen (secondary N) is 2. The van der Waals surface area contributed by atoms with Crippen LogP contribution in [-0.2, 0) is 16.1 Å². The van der Waals surface area contributed by atoms with Gasteiger partial charge in [-0.15, -0.1) is 0 Å². The van der Waals surface area contributed by atoms with Crippen LogP contribution in [0.5, 0.6) is 11.5 Å². The molecule has 2 aromatic rings. The van der Waals surface area contributed by atoms with Crippen LogP contribution in [-0.4, -0.2) is 31.6 Å². The fraction of sp³-hybridized carbons (Fsp3) is 0.300. The molecule has 1 atom stereocenters. The second-order valence-electron chi connectivity index (χ2n) is 5.74. The van der Waals surface area contributed by atoms with Crippen LogP contribution in [0.1, 0.15) is 29.8 Å². The van der Waals surface area contributed by atoms with Crippen molar-refractivity contribution in [2.45, 2.75) is 26.6 Å². The molecule has 2 N–H and O–H groups in total. The molecule has 0 heterocycles. The molecular weight excluding hydrogens is 348 g/mol. The Hall–Kier alpha value is -3.06. The van der Waals surface area contributed by atoms with Gasteiger partial charge in [0.25, 0.3) is 11.8 Å². The number of rotatable bonds is 8. The first-order valence-electron chi connectivity index (χ1n) is 8.61. The first kappa shape index (κ1) is 20.3. The van der Waals surface area contributed by atoms with Crippen molar-refractivity contribution in [1.29, 1.82) is 0 Å². The highest BCUT2D eigenvalue weighted by Gasteiger charge is 2.16. The van der Waals surface area contributed by atoms with Gasteiger partial charge in [0.2, 0.25) is 0 Å². The van der Waals surface area contributed by atoms with Gasteiger partial charge in [-0.25, -0.2) is 0 Å². The molecule has 0 spiro atoms. The summed E-state index contributed by atoms with van der Waals surface area (Å²) in [6.07, 6.45) is -0.785. The lowest BCUT2D eigenvalue weighted by atomic mass is 10.1. The van der Waals surface area contributed by atoms with Gasteiger partial charge >= 0.3 is 0 Å². The average Bonchev–Trinajstić information content (AvgIpc) is 2.68. The molecule has 0 saturated carbocycles. The maximum atomic E-state index is 12.1. The summed E-state index contributed by atoms with van der Waals surface area (Å²) in [7, 11) is 1.60. The Balaban J connectivity index is 1.82. The molecule has 7 heteroatoms. The number of amides is 2. The monoisotopic (exact) mass is 372 g/mol. The van der Waals surface area contributed by atoms with Crippen molar-refractivity contribution in [1.82, 2.24) is 10.9 Å². The normalized spacial score (nSPS) is 11.4. The molecule has 2 amide bonds. The molecule has 2 rings (SSSR count). The van der Waals surface area contributed by atoms with Crippen LogP contribution in [0.15, 0.2) is 48.5 Å². The number of carbonyl (C=O) groups is 2. The minimum absolute atomic E-state index is 0.416. The van der Waals surface area contributed by atoms with E-state index in [1.165, 1.54) is 0 Å². The fourth-order valence-corrected chi connectivity index (χ4v) is 2.25. The quantitative estimate of drug-likeness (QED) is 0.695. The average molecular weight is 372 g/mol. The summed E-state index contributed by atoms with van der Waals surface area (Å²) in [5, 5.41) is 0. The zero-order chi connectivity index (χ0) is 19.6. The molecule has 0 aromatic heterocycles. The van der Waals surface area contributed by atoms with E-state index in [4.69, 9.17) is 14.2 Å². The van der Waals surface area contributed by atoms with Crippen LogP contribution in [0, 0.1) is 0 Å². The third-order valence-electron chi connectivity index (χ3n) is 3.64. The Labute approximate surface area is 158 Å². The Kier molecular flexibility index (Phi) is 7.63. The van der Waals surface area contributed by atoms with Gasteiger partial charge < -0.3 is 14.2 Å². The van der Waals surface area contributed by atoms with Crippen molar-refractivity contribution in [3.63, 3.8) is 0 Å². The van der Waals surface area contributed by atoms with Gasteiger partial charge in [0.1, 0.15) is 11.5 Å². The zero-order valence-electron chi connectivity index (χ0n) is 15.7. The maximum Gasteiger partial charge on any atom is 0.279 e. The summed E-state index contributed by atoms with van der Waals surface area (Å²) in [6, 6.07) is 13.9. The van der Waals surface area contributed by atoms with Gasteiger partial charge in [0.15, 0.2) is 6.10 Å². The van der Waals surface area contributed by atoms with Crippen molar-refractivity contribution in [3.8, 4) is 11.5 Å². The number of hydrazine groups is 1. The zero-order valence-corrected chi connectivity index (χ0v) is 15.7. The summed E-state index contributed by atoms with van der Waals surface area (Å²) < 4.78 is 15.9. The molecular formula is C20H24N2O5. The van der Waals surface area contributed by atoms with E-state index < -0.39 is 17.9 Å². The van der Waals surface area contributed by atoms with E-state index in [1.807, 2.05) is 6.92 Å². The number of benzene rings is 2. The fourth-order valence-electron chi connectivity index (χ4n) is 2.25. The Morgan fingerprint density at radius 2 is 1.59 bits per heavy atom. The minimum atomic E-state index is -0.785. The van der Waals surface area contributed by atoms with E-state index >= 15 is 0 Å². The topological polar surface area (TPSA) is 85.9 Å². The van der Waals surface area contributed by atoms with Gasteiger partial charge in [-0.3, -0.25) is 20.4 Å². The van der Waals surface area contributed by atoms with Crippen LogP contribution < -0.4 is 20.3 Å². The highest BCUT2D eigenvalue weighted by Crippen LogP contribution is 2.18. The summed E-state index contributed by atoms with van der Waals surface area (Å²) in [5.74, 6) is 0.376. The molecule has 0 bridgehead atoms. The maximum absolute atomic E-state index is 12.1. The summed E-state index contributed by atoms with van der Waals surface area (Å²) in [5.41, 5.74) is 6.11. The van der Waals surface area contributed by atoms with E-state index in [-0.39, 0.29) is 0 Å². The molecule has 7 nitrogen and oxygen atoms in total. The van der Waals surface area contributed by atoms with Gasteiger partial charge in [0, 0.05) is 12.7 Å². The number of hydrogen-bond donors (Lipinski definition) is 2. The van der Waals surface area contributed by atoms with Crippen LogP contribution in [0.25, 0.3) is 0 Å². The molecule has 0 radical (unpaired) electrons. The van der Waals surface area contributed by atoms with Crippen molar-refractivity contribution < 1.29 is 23.8 Å². The summed E-state index contributed by atoms with van der Waals surface area (Å²) >= 11 is 0.